The predicted octanol–water partition coefficient (Wildman–Crippen LogP) is 4.60. The van der Waals surface area contributed by atoms with Gasteiger partial charge in [-0.1, -0.05) is 36.4 Å². The normalized spacial score (nSPS) is 12.2. The van der Waals surface area contributed by atoms with Crippen molar-refractivity contribution in [2.24, 2.45) is 0 Å². The SMILES string of the molecule is CNC(=O)C(C)c1ccc(-c2cnn3c(-c4cccc(NC(=O)NCC(F)(F)F)c4)cnc3c2)cc1. The van der Waals surface area contributed by atoms with Crippen LogP contribution in [0.15, 0.2) is 67.0 Å². The summed E-state index contributed by atoms with van der Waals surface area (Å²) in [5, 5.41) is 11.3. The van der Waals surface area contributed by atoms with Gasteiger partial charge >= 0.3 is 12.2 Å². The van der Waals surface area contributed by atoms with Gasteiger partial charge < -0.3 is 16.0 Å². The third-order valence-corrected chi connectivity index (χ3v) is 5.61. The minimum atomic E-state index is -4.49. The molecule has 0 aliphatic carbocycles. The lowest BCUT2D eigenvalue weighted by Crippen LogP contribution is -2.36. The Labute approximate surface area is 204 Å². The summed E-state index contributed by atoms with van der Waals surface area (Å²) >= 11 is 0. The maximum absolute atomic E-state index is 12.3. The van der Waals surface area contributed by atoms with E-state index in [1.807, 2.05) is 37.3 Å². The number of nitrogens with one attached hydrogen (secondary N) is 3. The van der Waals surface area contributed by atoms with Crippen molar-refractivity contribution in [3.05, 3.63) is 72.6 Å². The average molecular weight is 496 g/mol. The number of amides is 3. The third-order valence-electron chi connectivity index (χ3n) is 5.61. The molecule has 8 nitrogen and oxygen atoms in total. The Morgan fingerprint density at radius 1 is 1.00 bits per heavy atom. The van der Waals surface area contributed by atoms with Crippen LogP contribution in [0.25, 0.3) is 28.0 Å². The molecule has 0 fully saturated rings. The Morgan fingerprint density at radius 3 is 2.44 bits per heavy atom. The van der Waals surface area contributed by atoms with Crippen molar-refractivity contribution in [3.8, 4) is 22.4 Å². The zero-order chi connectivity index (χ0) is 25.9. The fraction of sp³-hybridized carbons (Fsp3) is 0.200. The van der Waals surface area contributed by atoms with Crippen molar-refractivity contribution < 1.29 is 22.8 Å². The first-order valence-corrected chi connectivity index (χ1v) is 11.0. The van der Waals surface area contributed by atoms with E-state index in [1.165, 1.54) is 0 Å². The molecule has 36 heavy (non-hydrogen) atoms. The number of imidazole rings is 1. The van der Waals surface area contributed by atoms with Crippen LogP contribution in [0.3, 0.4) is 0 Å². The number of hydrogen-bond donors (Lipinski definition) is 3. The van der Waals surface area contributed by atoms with Crippen LogP contribution in [0.4, 0.5) is 23.7 Å². The van der Waals surface area contributed by atoms with Crippen LogP contribution in [-0.2, 0) is 4.79 Å². The lowest BCUT2D eigenvalue weighted by molar-refractivity contribution is -0.123. The second-order valence-electron chi connectivity index (χ2n) is 8.12. The van der Waals surface area contributed by atoms with Gasteiger partial charge in [-0.2, -0.15) is 18.3 Å². The molecule has 0 saturated heterocycles. The number of halogens is 3. The Morgan fingerprint density at radius 2 is 1.75 bits per heavy atom. The highest BCUT2D eigenvalue weighted by molar-refractivity contribution is 5.90. The first-order chi connectivity index (χ1) is 17.1. The van der Waals surface area contributed by atoms with Crippen molar-refractivity contribution in [2.75, 3.05) is 18.9 Å². The summed E-state index contributed by atoms with van der Waals surface area (Å²) in [5.74, 6) is -0.322. The van der Waals surface area contributed by atoms with Crippen LogP contribution in [0.5, 0.6) is 0 Å². The molecule has 0 bridgehead atoms. The number of fused-ring (bicyclic) bond motifs is 1. The van der Waals surface area contributed by atoms with Crippen LogP contribution in [0.1, 0.15) is 18.4 Å². The molecular formula is C25H23F3N6O2. The Hall–Kier alpha value is -4.41. The number of nitrogens with zero attached hydrogens (tertiary/aromatic N) is 3. The number of hydrogen-bond acceptors (Lipinski definition) is 4. The van der Waals surface area contributed by atoms with E-state index in [0.717, 1.165) is 16.7 Å². The summed E-state index contributed by atoms with van der Waals surface area (Å²) in [7, 11) is 1.61. The Bertz CT molecular complexity index is 1400. The zero-order valence-corrected chi connectivity index (χ0v) is 19.4. The summed E-state index contributed by atoms with van der Waals surface area (Å²) in [6, 6.07) is 15.2. The van der Waals surface area contributed by atoms with Gasteiger partial charge in [0.2, 0.25) is 5.91 Å². The van der Waals surface area contributed by atoms with Crippen LogP contribution in [0, 0.1) is 0 Å². The van der Waals surface area contributed by atoms with Gasteiger partial charge in [-0.3, -0.25) is 4.79 Å². The smallest absolute Gasteiger partial charge is 0.359 e. The van der Waals surface area contributed by atoms with Gasteiger partial charge in [0.15, 0.2) is 5.65 Å². The zero-order valence-electron chi connectivity index (χ0n) is 19.4. The minimum Gasteiger partial charge on any atom is -0.359 e. The number of anilines is 1. The molecule has 4 rings (SSSR count). The lowest BCUT2D eigenvalue weighted by atomic mass is 9.97. The molecule has 0 saturated carbocycles. The molecule has 0 aliphatic rings. The van der Waals surface area contributed by atoms with Gasteiger partial charge in [-0.05, 0) is 36.2 Å². The lowest BCUT2D eigenvalue weighted by Gasteiger charge is -2.11. The number of likely N-dealkylation sites (N-methyl/N-ethyl adjacent to an activating group) is 1. The topological polar surface area (TPSA) is 100 Å². The van der Waals surface area contributed by atoms with Crippen LogP contribution >= 0.6 is 0 Å². The van der Waals surface area contributed by atoms with Crippen LogP contribution in [0.2, 0.25) is 0 Å². The van der Waals surface area contributed by atoms with Crippen molar-refractivity contribution in [2.45, 2.75) is 19.0 Å². The summed E-state index contributed by atoms with van der Waals surface area (Å²) < 4.78 is 38.6. The average Bonchev–Trinajstić information content (AvgIpc) is 3.30. The van der Waals surface area contributed by atoms with Crippen LogP contribution in [-0.4, -0.2) is 46.3 Å². The third kappa shape index (κ3) is 5.62. The first-order valence-electron chi connectivity index (χ1n) is 11.0. The Balaban J connectivity index is 1.53. The fourth-order valence-electron chi connectivity index (χ4n) is 3.67. The molecule has 4 aromatic rings. The molecule has 0 spiro atoms. The second kappa shape index (κ2) is 10.1. The molecular weight excluding hydrogens is 473 g/mol. The monoisotopic (exact) mass is 496 g/mol. The molecule has 1 atom stereocenters. The van der Waals surface area contributed by atoms with Gasteiger partial charge in [-0.15, -0.1) is 0 Å². The van der Waals surface area contributed by atoms with Crippen molar-refractivity contribution >= 4 is 23.3 Å². The molecule has 3 N–H and O–H groups in total. The number of carbonyl (C=O) groups is 2. The van der Waals surface area contributed by atoms with Gasteiger partial charge in [0.1, 0.15) is 6.54 Å². The van der Waals surface area contributed by atoms with Crippen molar-refractivity contribution in [3.63, 3.8) is 0 Å². The molecule has 0 radical (unpaired) electrons. The number of carbonyl (C=O) groups excluding carboxylic acids is 2. The molecule has 2 aromatic heterocycles. The maximum Gasteiger partial charge on any atom is 0.405 e. The molecule has 0 aliphatic heterocycles. The van der Waals surface area contributed by atoms with Crippen molar-refractivity contribution in [1.82, 2.24) is 25.2 Å². The second-order valence-corrected chi connectivity index (χ2v) is 8.12. The number of rotatable bonds is 6. The molecule has 11 heteroatoms. The summed E-state index contributed by atoms with van der Waals surface area (Å²) in [6.45, 7) is 0.418. The van der Waals surface area contributed by atoms with Crippen molar-refractivity contribution in [1.29, 1.82) is 0 Å². The molecule has 1 unspecified atom stereocenters. The van der Waals surface area contributed by atoms with E-state index >= 15 is 0 Å². The fourth-order valence-corrected chi connectivity index (χ4v) is 3.67. The summed E-state index contributed by atoms with van der Waals surface area (Å²) in [5.41, 5.74) is 4.89. The van der Waals surface area contributed by atoms with Gasteiger partial charge in [-0.25, -0.2) is 14.3 Å². The van der Waals surface area contributed by atoms with Crippen LogP contribution < -0.4 is 16.0 Å². The quantitative estimate of drug-likeness (QED) is 0.363. The summed E-state index contributed by atoms with van der Waals surface area (Å²) in [6.07, 6.45) is -1.17. The van der Waals surface area contributed by atoms with E-state index in [4.69, 9.17) is 0 Å². The molecule has 2 aromatic carbocycles. The van der Waals surface area contributed by atoms with E-state index in [0.29, 0.717) is 22.6 Å². The Kier molecular flexibility index (Phi) is 6.91. The number of alkyl halides is 3. The summed E-state index contributed by atoms with van der Waals surface area (Å²) in [4.78, 5) is 28.1. The van der Waals surface area contributed by atoms with E-state index in [9.17, 15) is 22.8 Å². The largest absolute Gasteiger partial charge is 0.405 e. The minimum absolute atomic E-state index is 0.0584. The van der Waals surface area contributed by atoms with E-state index in [2.05, 4.69) is 20.7 Å². The highest BCUT2D eigenvalue weighted by atomic mass is 19.4. The number of benzene rings is 2. The van der Waals surface area contributed by atoms with Gasteiger partial charge in [0.25, 0.3) is 0 Å². The van der Waals surface area contributed by atoms with Gasteiger partial charge in [0, 0.05) is 23.9 Å². The highest BCUT2D eigenvalue weighted by Gasteiger charge is 2.27. The molecule has 2 heterocycles. The van der Waals surface area contributed by atoms with E-state index in [1.54, 1.807) is 53.5 Å². The first kappa shape index (κ1) is 24.7. The molecule has 186 valence electrons. The van der Waals surface area contributed by atoms with Gasteiger partial charge in [0.05, 0.1) is 24.0 Å². The maximum atomic E-state index is 12.3. The molecule has 3 amide bonds. The van der Waals surface area contributed by atoms with E-state index in [-0.39, 0.29) is 11.8 Å². The number of urea groups is 1. The van der Waals surface area contributed by atoms with E-state index < -0.39 is 18.8 Å². The predicted molar refractivity (Wildman–Crippen MR) is 129 cm³/mol. The highest BCUT2D eigenvalue weighted by Crippen LogP contribution is 2.27. The number of aromatic nitrogens is 3. The standard InChI is InChI=1S/C25H23F3N6O2/c1-15(23(35)29-2)16-6-8-17(9-7-16)19-11-22-30-13-21(34(22)32-12-19)18-4-3-5-20(10-18)33-24(36)31-14-25(26,27)28/h3-13,15H,14H2,1-2H3,(H,29,35)(H2,31,33,36).